The number of rotatable bonds is 5. The van der Waals surface area contributed by atoms with Gasteiger partial charge in [0.15, 0.2) is 0 Å². The lowest BCUT2D eigenvalue weighted by Gasteiger charge is -2.24. The van der Waals surface area contributed by atoms with Crippen LogP contribution in [0.2, 0.25) is 0 Å². The second-order valence-corrected chi connectivity index (χ2v) is 2.99. The normalized spacial score (nSPS) is 15.7. The molecule has 12 heavy (non-hydrogen) atoms. The quantitative estimate of drug-likeness (QED) is 0.590. The molecule has 2 unspecified atom stereocenters. The summed E-state index contributed by atoms with van der Waals surface area (Å²) >= 11 is 0. The summed E-state index contributed by atoms with van der Waals surface area (Å²) in [5, 5.41) is 26.0. The zero-order valence-electron chi connectivity index (χ0n) is 7.56. The van der Waals surface area contributed by atoms with Crippen molar-refractivity contribution >= 4 is 0 Å². The monoisotopic (exact) mass is 172 g/mol. The van der Waals surface area contributed by atoms with E-state index >= 15 is 0 Å². The Morgan fingerprint density at radius 3 is 2.58 bits per heavy atom. The van der Waals surface area contributed by atoms with Crippen LogP contribution in [-0.4, -0.2) is 47.5 Å². The lowest BCUT2D eigenvalue weighted by molar-refractivity contribution is 0.0572. The summed E-state index contributed by atoms with van der Waals surface area (Å²) in [7, 11) is 1.82. The van der Waals surface area contributed by atoms with Gasteiger partial charge in [-0.25, -0.2) is 0 Å². The third kappa shape index (κ3) is 4.29. The van der Waals surface area contributed by atoms with Crippen molar-refractivity contribution in [3.63, 3.8) is 0 Å². The molecule has 0 aromatic heterocycles. The number of hydrogen-bond acceptors (Lipinski definition) is 4. The third-order valence-electron chi connectivity index (χ3n) is 1.85. The fraction of sp³-hybridized carbons (Fsp3) is 0.875. The Morgan fingerprint density at radius 2 is 2.17 bits per heavy atom. The van der Waals surface area contributed by atoms with Crippen molar-refractivity contribution in [2.45, 2.75) is 25.5 Å². The zero-order valence-corrected chi connectivity index (χ0v) is 7.56. The molecule has 0 aliphatic heterocycles. The molecule has 0 aromatic rings. The van der Waals surface area contributed by atoms with Crippen molar-refractivity contribution in [2.75, 3.05) is 20.2 Å². The molecule has 0 radical (unpaired) electrons. The van der Waals surface area contributed by atoms with E-state index in [2.05, 4.69) is 6.07 Å². The Morgan fingerprint density at radius 1 is 1.58 bits per heavy atom. The van der Waals surface area contributed by atoms with Gasteiger partial charge in [-0.05, 0) is 14.0 Å². The minimum atomic E-state index is -0.712. The molecule has 2 N–H and O–H groups in total. The molecule has 0 bridgehead atoms. The van der Waals surface area contributed by atoms with Gasteiger partial charge in [0.25, 0.3) is 0 Å². The molecule has 0 saturated heterocycles. The van der Waals surface area contributed by atoms with Gasteiger partial charge in [0.1, 0.15) is 0 Å². The molecule has 0 saturated carbocycles. The highest BCUT2D eigenvalue weighted by Crippen LogP contribution is 2.00. The number of aliphatic hydroxyl groups is 2. The summed E-state index contributed by atoms with van der Waals surface area (Å²) in [5.41, 5.74) is 0. The van der Waals surface area contributed by atoms with E-state index < -0.39 is 6.10 Å². The maximum absolute atomic E-state index is 9.07. The van der Waals surface area contributed by atoms with E-state index in [-0.39, 0.29) is 12.6 Å². The first kappa shape index (κ1) is 11.4. The van der Waals surface area contributed by atoms with Crippen molar-refractivity contribution in [1.82, 2.24) is 4.90 Å². The van der Waals surface area contributed by atoms with E-state index in [1.54, 1.807) is 0 Å². The first-order valence-electron chi connectivity index (χ1n) is 3.98. The van der Waals surface area contributed by atoms with Gasteiger partial charge in [-0.15, -0.1) is 0 Å². The SMILES string of the molecule is CC(CC#N)N(C)CC(O)CO. The molecule has 2 atom stereocenters. The number of likely N-dealkylation sites (N-methyl/N-ethyl adjacent to an activating group) is 1. The van der Waals surface area contributed by atoms with Crippen LogP contribution >= 0.6 is 0 Å². The van der Waals surface area contributed by atoms with E-state index in [0.29, 0.717) is 13.0 Å². The van der Waals surface area contributed by atoms with Gasteiger partial charge in [-0.2, -0.15) is 5.26 Å². The lowest BCUT2D eigenvalue weighted by Crippen LogP contribution is -2.37. The standard InChI is InChI=1S/C8H16N2O2/c1-7(3-4-9)10(2)5-8(12)6-11/h7-8,11-12H,3,5-6H2,1-2H3. The van der Waals surface area contributed by atoms with Crippen LogP contribution in [0.5, 0.6) is 0 Å². The Labute approximate surface area is 73.0 Å². The molecule has 0 aliphatic carbocycles. The summed E-state index contributed by atoms with van der Waals surface area (Å²) in [4.78, 5) is 1.85. The van der Waals surface area contributed by atoms with Gasteiger partial charge in [0, 0.05) is 12.6 Å². The maximum Gasteiger partial charge on any atom is 0.0897 e. The summed E-state index contributed by atoms with van der Waals surface area (Å²) in [6, 6.07) is 2.18. The van der Waals surface area contributed by atoms with Crippen LogP contribution in [0.1, 0.15) is 13.3 Å². The van der Waals surface area contributed by atoms with Gasteiger partial charge in [0.05, 0.1) is 25.2 Å². The number of aliphatic hydroxyl groups excluding tert-OH is 2. The summed E-state index contributed by atoms with van der Waals surface area (Å²) < 4.78 is 0. The molecule has 0 rings (SSSR count). The third-order valence-corrected chi connectivity index (χ3v) is 1.85. The van der Waals surface area contributed by atoms with Crippen LogP contribution in [-0.2, 0) is 0 Å². The minimum absolute atomic E-state index is 0.121. The van der Waals surface area contributed by atoms with Crippen molar-refractivity contribution in [1.29, 1.82) is 5.26 Å². The fourth-order valence-corrected chi connectivity index (χ4v) is 0.858. The molecular formula is C8H16N2O2. The van der Waals surface area contributed by atoms with E-state index in [0.717, 1.165) is 0 Å². The van der Waals surface area contributed by atoms with Crippen LogP contribution in [0, 0.1) is 11.3 Å². The largest absolute Gasteiger partial charge is 0.394 e. The smallest absolute Gasteiger partial charge is 0.0897 e. The highest BCUT2D eigenvalue weighted by molar-refractivity contribution is 4.79. The first-order valence-corrected chi connectivity index (χ1v) is 3.98. The maximum atomic E-state index is 9.07. The predicted molar refractivity (Wildman–Crippen MR) is 45.4 cm³/mol. The van der Waals surface area contributed by atoms with Crippen LogP contribution in [0.4, 0.5) is 0 Å². The molecule has 0 aromatic carbocycles. The molecule has 70 valence electrons. The second kappa shape index (κ2) is 5.95. The summed E-state index contributed by atoms with van der Waals surface area (Å²) in [5.74, 6) is 0. The van der Waals surface area contributed by atoms with Gasteiger partial charge in [-0.1, -0.05) is 0 Å². The first-order chi connectivity index (χ1) is 5.61. The average molecular weight is 172 g/mol. The number of nitriles is 1. The van der Waals surface area contributed by atoms with Crippen molar-refractivity contribution in [2.24, 2.45) is 0 Å². The molecule has 4 heteroatoms. The van der Waals surface area contributed by atoms with E-state index in [1.165, 1.54) is 0 Å². The van der Waals surface area contributed by atoms with Gasteiger partial charge in [0.2, 0.25) is 0 Å². The van der Waals surface area contributed by atoms with Crippen molar-refractivity contribution in [3.05, 3.63) is 0 Å². The van der Waals surface area contributed by atoms with E-state index in [1.807, 2.05) is 18.9 Å². The molecule has 0 heterocycles. The van der Waals surface area contributed by atoms with Crippen molar-refractivity contribution in [3.8, 4) is 6.07 Å². The Balaban J connectivity index is 3.71. The minimum Gasteiger partial charge on any atom is -0.394 e. The molecule has 0 fully saturated rings. The topological polar surface area (TPSA) is 67.5 Å². The number of hydrogen-bond donors (Lipinski definition) is 2. The molecule has 0 amide bonds. The second-order valence-electron chi connectivity index (χ2n) is 2.99. The Bertz CT molecular complexity index is 156. The van der Waals surface area contributed by atoms with Crippen molar-refractivity contribution < 1.29 is 10.2 Å². The Hall–Kier alpha value is -0.630. The Kier molecular flexibility index (Phi) is 5.64. The van der Waals surface area contributed by atoms with Gasteiger partial charge < -0.3 is 15.1 Å². The van der Waals surface area contributed by atoms with Crippen LogP contribution in [0.25, 0.3) is 0 Å². The summed E-state index contributed by atoms with van der Waals surface area (Å²) in [6.07, 6.45) is -0.273. The number of nitrogens with zero attached hydrogens (tertiary/aromatic N) is 2. The van der Waals surface area contributed by atoms with Crippen LogP contribution in [0.15, 0.2) is 0 Å². The van der Waals surface area contributed by atoms with E-state index in [9.17, 15) is 0 Å². The summed E-state index contributed by atoms with van der Waals surface area (Å²) in [6.45, 7) is 2.08. The molecular weight excluding hydrogens is 156 g/mol. The average Bonchev–Trinajstić information content (AvgIpc) is 2.04. The highest BCUT2D eigenvalue weighted by atomic mass is 16.3. The van der Waals surface area contributed by atoms with Crippen LogP contribution in [0.3, 0.4) is 0 Å². The van der Waals surface area contributed by atoms with Crippen LogP contribution < -0.4 is 0 Å². The molecule has 0 spiro atoms. The predicted octanol–water partition coefficient (Wildman–Crippen LogP) is -0.426. The zero-order chi connectivity index (χ0) is 9.56. The van der Waals surface area contributed by atoms with Gasteiger partial charge >= 0.3 is 0 Å². The highest BCUT2D eigenvalue weighted by Gasteiger charge is 2.12. The van der Waals surface area contributed by atoms with Gasteiger partial charge in [-0.3, -0.25) is 0 Å². The lowest BCUT2D eigenvalue weighted by atomic mass is 10.2. The molecule has 4 nitrogen and oxygen atoms in total. The van der Waals surface area contributed by atoms with E-state index in [4.69, 9.17) is 15.5 Å². The molecule has 0 aliphatic rings. The fourth-order valence-electron chi connectivity index (χ4n) is 0.858.